The van der Waals surface area contributed by atoms with Crippen molar-refractivity contribution in [2.24, 2.45) is 0 Å². The van der Waals surface area contributed by atoms with Crippen molar-refractivity contribution in [2.75, 3.05) is 0 Å². The molecular formula is C28H19N3Pt. The molecule has 6 aromatic rings. The Kier molecular flexibility index (Phi) is 5.36. The molecule has 0 saturated heterocycles. The summed E-state index contributed by atoms with van der Waals surface area (Å²) < 4.78 is 0. The largest absolute Gasteiger partial charge is 2.00 e. The Morgan fingerprint density at radius 3 is 2.47 bits per heavy atom. The molecular weight excluding hydrogens is 573 g/mol. The molecule has 0 saturated carbocycles. The van der Waals surface area contributed by atoms with E-state index in [1.54, 1.807) is 0 Å². The first-order chi connectivity index (χ1) is 15.3. The molecule has 0 spiro atoms. The van der Waals surface area contributed by atoms with E-state index in [1.165, 1.54) is 10.9 Å². The predicted molar refractivity (Wildman–Crippen MR) is 129 cm³/mol. The standard InChI is InChI=1S/C28H19N3.Pt/c1-18-5-2-8-24-23(18)7-3-9-25(24)30-17-22-15-14-21-13-11-19-10-12-20-6-4-16-29-27(20)26(19)28(21)31-22;/h2-7,9-16H,17H2,1H3;/q-2;+2. The molecule has 0 amide bonds. The van der Waals surface area contributed by atoms with Crippen LogP contribution in [0.15, 0.2) is 85.1 Å². The van der Waals surface area contributed by atoms with E-state index in [2.05, 4.69) is 78.6 Å². The van der Waals surface area contributed by atoms with Crippen molar-refractivity contribution >= 4 is 49.0 Å². The number of hydrogen-bond donors (Lipinski definition) is 0. The van der Waals surface area contributed by atoms with Crippen molar-refractivity contribution < 1.29 is 21.1 Å². The fraction of sp³-hybridized carbons (Fsp3) is 0.0714. The van der Waals surface area contributed by atoms with Crippen LogP contribution in [0.1, 0.15) is 11.3 Å². The zero-order valence-electron chi connectivity index (χ0n) is 17.4. The quantitative estimate of drug-likeness (QED) is 0.159. The van der Waals surface area contributed by atoms with Crippen molar-refractivity contribution in [3.05, 3.63) is 108 Å². The van der Waals surface area contributed by atoms with Gasteiger partial charge in [0, 0.05) is 28.0 Å². The van der Waals surface area contributed by atoms with Crippen molar-refractivity contribution in [1.82, 2.24) is 9.97 Å². The Bertz CT molecular complexity index is 1600. The summed E-state index contributed by atoms with van der Waals surface area (Å²) in [6.07, 6.45) is 1.85. The van der Waals surface area contributed by atoms with E-state index in [4.69, 9.17) is 10.3 Å². The number of rotatable bonds is 3. The smallest absolute Gasteiger partial charge is 0.723 e. The van der Waals surface area contributed by atoms with Crippen LogP contribution in [0.4, 0.5) is 5.69 Å². The first kappa shape index (κ1) is 20.6. The number of aromatic nitrogens is 2. The third kappa shape index (κ3) is 3.43. The van der Waals surface area contributed by atoms with Gasteiger partial charge < -0.3 is 5.32 Å². The molecule has 0 N–H and O–H groups in total. The van der Waals surface area contributed by atoms with Crippen LogP contribution in [0.25, 0.3) is 48.7 Å². The van der Waals surface area contributed by atoms with Crippen LogP contribution in [0, 0.1) is 13.0 Å². The van der Waals surface area contributed by atoms with Crippen molar-refractivity contribution in [1.29, 1.82) is 0 Å². The van der Waals surface area contributed by atoms with Crippen LogP contribution in [-0.4, -0.2) is 9.97 Å². The minimum atomic E-state index is 0. The number of nitrogens with zero attached hydrogens (tertiary/aromatic N) is 3. The maximum Gasteiger partial charge on any atom is 2.00 e. The monoisotopic (exact) mass is 592 g/mol. The van der Waals surface area contributed by atoms with Crippen LogP contribution in [0.5, 0.6) is 0 Å². The number of fused-ring (bicyclic) bond motifs is 6. The molecule has 0 fully saturated rings. The van der Waals surface area contributed by atoms with Gasteiger partial charge in [-0.1, -0.05) is 62.0 Å². The molecule has 0 radical (unpaired) electrons. The molecule has 32 heavy (non-hydrogen) atoms. The number of pyridine rings is 2. The molecule has 0 aliphatic carbocycles. The normalized spacial score (nSPS) is 11.2. The third-order valence-electron chi connectivity index (χ3n) is 5.91. The minimum Gasteiger partial charge on any atom is -0.723 e. The first-order valence-electron chi connectivity index (χ1n) is 10.4. The molecule has 0 bridgehead atoms. The fourth-order valence-electron chi connectivity index (χ4n) is 4.32. The second kappa shape index (κ2) is 8.33. The van der Waals surface area contributed by atoms with Gasteiger partial charge >= 0.3 is 21.1 Å². The zero-order valence-corrected chi connectivity index (χ0v) is 19.7. The maximum atomic E-state index is 5.02. The fourth-order valence-corrected chi connectivity index (χ4v) is 4.32. The van der Waals surface area contributed by atoms with Gasteiger partial charge in [-0.3, -0.25) is 9.97 Å². The summed E-state index contributed by atoms with van der Waals surface area (Å²) in [5.74, 6) is 0. The molecule has 0 unspecified atom stereocenters. The van der Waals surface area contributed by atoms with E-state index in [1.807, 2.05) is 24.4 Å². The summed E-state index contributed by atoms with van der Waals surface area (Å²) >= 11 is 0. The van der Waals surface area contributed by atoms with Gasteiger partial charge in [0.05, 0.1) is 11.0 Å². The maximum absolute atomic E-state index is 5.02. The van der Waals surface area contributed by atoms with E-state index in [0.29, 0.717) is 6.54 Å². The minimum absolute atomic E-state index is 0. The van der Waals surface area contributed by atoms with Crippen LogP contribution < -0.4 is 0 Å². The Morgan fingerprint density at radius 2 is 1.59 bits per heavy atom. The second-order valence-corrected chi connectivity index (χ2v) is 7.86. The topological polar surface area (TPSA) is 39.9 Å². The van der Waals surface area contributed by atoms with Crippen LogP contribution >= 0.6 is 0 Å². The summed E-state index contributed by atoms with van der Waals surface area (Å²) in [7, 11) is 0. The van der Waals surface area contributed by atoms with Gasteiger partial charge in [-0.15, -0.1) is 35.2 Å². The van der Waals surface area contributed by atoms with Gasteiger partial charge in [-0.2, -0.15) is 5.39 Å². The van der Waals surface area contributed by atoms with Gasteiger partial charge in [-0.05, 0) is 17.5 Å². The van der Waals surface area contributed by atoms with Gasteiger partial charge in [0.1, 0.15) is 0 Å². The van der Waals surface area contributed by atoms with Gasteiger partial charge in [0.15, 0.2) is 0 Å². The van der Waals surface area contributed by atoms with E-state index in [0.717, 1.165) is 49.3 Å². The van der Waals surface area contributed by atoms with E-state index < -0.39 is 0 Å². The van der Waals surface area contributed by atoms with E-state index in [-0.39, 0.29) is 21.1 Å². The van der Waals surface area contributed by atoms with Gasteiger partial charge in [-0.25, -0.2) is 5.69 Å². The van der Waals surface area contributed by atoms with Crippen molar-refractivity contribution in [2.45, 2.75) is 13.5 Å². The van der Waals surface area contributed by atoms with Gasteiger partial charge in [0.25, 0.3) is 0 Å². The summed E-state index contributed by atoms with van der Waals surface area (Å²) in [6.45, 7) is 2.64. The first-order valence-corrected chi connectivity index (χ1v) is 10.4. The Labute approximate surface area is 200 Å². The summed E-state index contributed by atoms with van der Waals surface area (Å²) in [4.78, 5) is 9.68. The Balaban J connectivity index is 0.00000216. The summed E-state index contributed by atoms with van der Waals surface area (Å²) in [6, 6.07) is 30.4. The molecule has 0 atom stereocenters. The van der Waals surface area contributed by atoms with Crippen LogP contribution in [0.3, 0.4) is 0 Å². The molecule has 156 valence electrons. The Hall–Kier alpha value is -3.29. The predicted octanol–water partition coefficient (Wildman–Crippen LogP) is 7.40. The van der Waals surface area contributed by atoms with Crippen molar-refractivity contribution in [3.63, 3.8) is 0 Å². The van der Waals surface area contributed by atoms with E-state index in [9.17, 15) is 0 Å². The van der Waals surface area contributed by atoms with Gasteiger partial charge in [0.2, 0.25) is 0 Å². The molecule has 2 aromatic heterocycles. The number of hydrogen-bond acceptors (Lipinski definition) is 2. The molecule has 6 rings (SSSR count). The molecule has 0 aliphatic heterocycles. The molecule has 2 heterocycles. The SMILES string of the molecule is Cc1cc[c-]c2c([N-]Cc3ccc4ccc5ccc6cccnc6c5c4n3)cccc12.[Pt+2]. The zero-order chi connectivity index (χ0) is 20.8. The average Bonchev–Trinajstić information content (AvgIpc) is 2.82. The molecule has 0 aliphatic rings. The van der Waals surface area contributed by atoms with Crippen molar-refractivity contribution in [3.8, 4) is 0 Å². The second-order valence-electron chi connectivity index (χ2n) is 7.86. The van der Waals surface area contributed by atoms with Crippen LogP contribution in [0.2, 0.25) is 0 Å². The third-order valence-corrected chi connectivity index (χ3v) is 5.91. The summed E-state index contributed by atoms with van der Waals surface area (Å²) in [5.41, 5.74) is 5.10. The average molecular weight is 593 g/mol. The Morgan fingerprint density at radius 1 is 0.812 bits per heavy atom. The number of aryl methyl sites for hydroxylation is 1. The molecule has 4 aromatic carbocycles. The number of benzene rings is 4. The summed E-state index contributed by atoms with van der Waals surface area (Å²) in [5, 5.41) is 11.6. The molecule has 3 nitrogen and oxygen atoms in total. The van der Waals surface area contributed by atoms with E-state index >= 15 is 0 Å². The molecule has 4 heteroatoms. The van der Waals surface area contributed by atoms with Crippen LogP contribution in [-0.2, 0) is 27.6 Å².